The van der Waals surface area contributed by atoms with E-state index in [1.807, 2.05) is 12.1 Å². The first-order chi connectivity index (χ1) is 12.6. The third kappa shape index (κ3) is 2.13. The highest BCUT2D eigenvalue weighted by molar-refractivity contribution is 5.75. The summed E-state index contributed by atoms with van der Waals surface area (Å²) in [6.45, 7) is 3.77. The third-order valence-electron chi connectivity index (χ3n) is 5.77. The Morgan fingerprint density at radius 2 is 2.04 bits per heavy atom. The summed E-state index contributed by atoms with van der Waals surface area (Å²) in [7, 11) is 0. The second kappa shape index (κ2) is 5.41. The number of amidine groups is 1. The molecule has 1 aromatic carbocycles. The van der Waals surface area contributed by atoms with Gasteiger partial charge in [0.1, 0.15) is 29.8 Å². The zero-order chi connectivity index (χ0) is 17.8. The van der Waals surface area contributed by atoms with Gasteiger partial charge in [-0.25, -0.2) is 15.0 Å². The molecule has 2 aromatic rings. The number of nitrogens with two attached hydrogens (primary N) is 1. The van der Waals surface area contributed by atoms with Gasteiger partial charge in [-0.3, -0.25) is 0 Å². The number of aliphatic imine (C=N–C) groups is 1. The lowest BCUT2D eigenvalue weighted by molar-refractivity contribution is -0.129. The van der Waals surface area contributed by atoms with Gasteiger partial charge in [-0.2, -0.15) is 0 Å². The van der Waals surface area contributed by atoms with E-state index < -0.39 is 5.54 Å². The molecule has 0 saturated carbocycles. The summed E-state index contributed by atoms with van der Waals surface area (Å²) in [4.78, 5) is 13.0. The monoisotopic (exact) mass is 352 g/mol. The fourth-order valence-electron chi connectivity index (χ4n) is 4.38. The van der Waals surface area contributed by atoms with Gasteiger partial charge in [-0.15, -0.1) is 0 Å². The molecule has 1 spiro atoms. The van der Waals surface area contributed by atoms with Gasteiger partial charge in [0, 0.05) is 29.9 Å². The van der Waals surface area contributed by atoms with Gasteiger partial charge in [0.05, 0.1) is 19.1 Å². The van der Waals surface area contributed by atoms with Crippen LogP contribution in [0.4, 0.5) is 0 Å². The predicted octanol–water partition coefficient (Wildman–Crippen LogP) is 1.87. The molecule has 0 radical (unpaired) electrons. The van der Waals surface area contributed by atoms with Gasteiger partial charge < -0.3 is 19.9 Å². The summed E-state index contributed by atoms with van der Waals surface area (Å²) in [5, 5.41) is 0. The lowest BCUT2D eigenvalue weighted by Crippen LogP contribution is -2.59. The number of benzene rings is 1. The van der Waals surface area contributed by atoms with Crippen molar-refractivity contribution in [2.75, 3.05) is 19.8 Å². The minimum Gasteiger partial charge on any atom is -0.487 e. The molecule has 1 aromatic heterocycles. The Bertz CT molecular complexity index is 888. The Morgan fingerprint density at radius 3 is 2.81 bits per heavy atom. The smallest absolute Gasteiger partial charge is 0.283 e. The fraction of sp³-hybridized carbons (Fsp3) is 0.421. The van der Waals surface area contributed by atoms with Gasteiger partial charge in [-0.05, 0) is 24.6 Å². The van der Waals surface area contributed by atoms with Crippen molar-refractivity contribution in [3.8, 4) is 16.9 Å². The maximum atomic E-state index is 6.46. The topological polar surface area (TPSA) is 91.9 Å². The van der Waals surface area contributed by atoms with E-state index in [9.17, 15) is 0 Å². The molecule has 2 unspecified atom stereocenters. The van der Waals surface area contributed by atoms with Crippen LogP contribution in [0.25, 0.3) is 11.1 Å². The zero-order valence-corrected chi connectivity index (χ0v) is 14.5. The quantitative estimate of drug-likeness (QED) is 0.842. The van der Waals surface area contributed by atoms with Crippen molar-refractivity contribution >= 4 is 6.02 Å². The van der Waals surface area contributed by atoms with Crippen molar-refractivity contribution < 1.29 is 14.2 Å². The zero-order valence-electron chi connectivity index (χ0n) is 14.5. The van der Waals surface area contributed by atoms with Crippen LogP contribution in [0.2, 0.25) is 0 Å². The molecular formula is C19H20N4O3. The first-order valence-electron chi connectivity index (χ1n) is 8.76. The van der Waals surface area contributed by atoms with E-state index in [0.717, 1.165) is 28.9 Å². The van der Waals surface area contributed by atoms with E-state index in [4.69, 9.17) is 24.9 Å². The van der Waals surface area contributed by atoms with E-state index >= 15 is 0 Å². The van der Waals surface area contributed by atoms with Crippen molar-refractivity contribution in [3.63, 3.8) is 0 Å². The minimum absolute atomic E-state index is 0.0274. The van der Waals surface area contributed by atoms with Crippen LogP contribution < -0.4 is 10.5 Å². The maximum Gasteiger partial charge on any atom is 0.283 e. The van der Waals surface area contributed by atoms with E-state index in [0.29, 0.717) is 19.8 Å². The second-order valence-electron chi connectivity index (χ2n) is 7.29. The molecule has 0 aliphatic carbocycles. The molecule has 3 atom stereocenters. The summed E-state index contributed by atoms with van der Waals surface area (Å²) in [6, 6.07) is 6.34. The molecule has 5 rings (SSSR count). The molecule has 0 amide bonds. The lowest BCUT2D eigenvalue weighted by atomic mass is 9.66. The average Bonchev–Trinajstić information content (AvgIpc) is 3.04. The number of hydrogen-bond donors (Lipinski definition) is 1. The molecule has 1 saturated heterocycles. The Balaban J connectivity index is 1.71. The number of rotatable bonds is 1. The molecule has 4 heterocycles. The standard InChI is InChI=1S/C19H20N4O3/c1-18-4-5-24-9-16(18)19(10-25-17(20)23-19)14-6-12(2-3-15(14)26-18)13-7-21-11-22-8-13/h2-3,6-8,11,16H,4-5,9-10H2,1H3,(H2,20,23)/t16?,18-,19?/m0/s1. The summed E-state index contributed by atoms with van der Waals surface area (Å²) >= 11 is 0. The predicted molar refractivity (Wildman–Crippen MR) is 94.7 cm³/mol. The Morgan fingerprint density at radius 1 is 1.19 bits per heavy atom. The molecule has 7 heteroatoms. The Hall–Kier alpha value is -2.67. The number of aromatic nitrogens is 2. The Labute approximate surface area is 151 Å². The van der Waals surface area contributed by atoms with Gasteiger partial charge in [0.15, 0.2) is 0 Å². The van der Waals surface area contributed by atoms with Crippen LogP contribution in [0.5, 0.6) is 5.75 Å². The summed E-state index contributed by atoms with van der Waals surface area (Å²) < 4.78 is 17.9. The second-order valence-corrected chi connectivity index (χ2v) is 7.29. The van der Waals surface area contributed by atoms with Crippen LogP contribution in [0.1, 0.15) is 18.9 Å². The molecular weight excluding hydrogens is 332 g/mol. The van der Waals surface area contributed by atoms with Crippen LogP contribution in [0.15, 0.2) is 41.9 Å². The molecule has 1 fully saturated rings. The van der Waals surface area contributed by atoms with Gasteiger partial charge in [0.25, 0.3) is 6.02 Å². The summed E-state index contributed by atoms with van der Waals surface area (Å²) in [5.41, 5.74) is 7.90. The number of ether oxygens (including phenoxy) is 3. The lowest BCUT2D eigenvalue weighted by Gasteiger charge is -2.52. The molecule has 3 aliphatic heterocycles. The van der Waals surface area contributed by atoms with Crippen LogP contribution >= 0.6 is 0 Å². The first-order valence-corrected chi connectivity index (χ1v) is 8.76. The van der Waals surface area contributed by atoms with Crippen LogP contribution in [-0.2, 0) is 15.0 Å². The normalized spacial score (nSPS) is 32.2. The molecule has 26 heavy (non-hydrogen) atoms. The highest BCUT2D eigenvalue weighted by Gasteiger charge is 2.59. The molecule has 0 bridgehead atoms. The molecule has 7 nitrogen and oxygen atoms in total. The van der Waals surface area contributed by atoms with Crippen molar-refractivity contribution in [1.82, 2.24) is 9.97 Å². The van der Waals surface area contributed by atoms with Crippen LogP contribution in [0.3, 0.4) is 0 Å². The van der Waals surface area contributed by atoms with Crippen molar-refractivity contribution in [2.24, 2.45) is 16.6 Å². The maximum absolute atomic E-state index is 6.46. The highest BCUT2D eigenvalue weighted by atomic mass is 16.5. The number of nitrogens with zero attached hydrogens (tertiary/aromatic N) is 3. The Kier molecular flexibility index (Phi) is 3.24. The van der Waals surface area contributed by atoms with Gasteiger partial charge >= 0.3 is 0 Å². The first kappa shape index (κ1) is 15.6. The summed E-state index contributed by atoms with van der Waals surface area (Å²) in [5.74, 6) is 0.855. The minimum atomic E-state index is -0.599. The van der Waals surface area contributed by atoms with E-state index in [2.05, 4.69) is 23.0 Å². The highest BCUT2D eigenvalue weighted by Crippen LogP contribution is 2.54. The van der Waals surface area contributed by atoms with E-state index in [1.165, 1.54) is 6.33 Å². The van der Waals surface area contributed by atoms with Gasteiger partial charge in [-0.1, -0.05) is 6.07 Å². The largest absolute Gasteiger partial charge is 0.487 e. The van der Waals surface area contributed by atoms with E-state index in [-0.39, 0.29) is 17.5 Å². The SMILES string of the molecule is C[C@]12CCOCC1C1(COC(N)=N1)c1cc(-c3cncnc3)ccc1O2. The third-order valence-corrected chi connectivity index (χ3v) is 5.77. The van der Waals surface area contributed by atoms with Crippen LogP contribution in [0, 0.1) is 5.92 Å². The molecule has 3 aliphatic rings. The average molecular weight is 352 g/mol. The van der Waals surface area contributed by atoms with Crippen molar-refractivity contribution in [1.29, 1.82) is 0 Å². The number of fused-ring (bicyclic) bond motifs is 4. The molecule has 134 valence electrons. The summed E-state index contributed by atoms with van der Waals surface area (Å²) in [6.07, 6.45) is 5.92. The van der Waals surface area contributed by atoms with Gasteiger partial charge in [0.2, 0.25) is 0 Å². The fourth-order valence-corrected chi connectivity index (χ4v) is 4.38. The van der Waals surface area contributed by atoms with Crippen molar-refractivity contribution in [3.05, 3.63) is 42.5 Å². The van der Waals surface area contributed by atoms with E-state index in [1.54, 1.807) is 12.4 Å². The number of hydrogen-bond acceptors (Lipinski definition) is 7. The molecule has 2 N–H and O–H groups in total. The van der Waals surface area contributed by atoms with Crippen molar-refractivity contribution in [2.45, 2.75) is 24.5 Å². The van der Waals surface area contributed by atoms with Crippen LogP contribution in [-0.4, -0.2) is 41.4 Å².